The maximum Gasteiger partial charge on any atom is 0.255 e. The fraction of sp³-hybridized carbons (Fsp3) is 0.176. The van der Waals surface area contributed by atoms with E-state index in [-0.39, 0.29) is 11.7 Å². The Kier molecular flexibility index (Phi) is 6.07. The van der Waals surface area contributed by atoms with Crippen LogP contribution in [-0.4, -0.2) is 29.5 Å². The first-order chi connectivity index (χ1) is 11.0. The molecule has 6 heteroatoms. The van der Waals surface area contributed by atoms with Gasteiger partial charge < -0.3 is 10.6 Å². The molecule has 0 atom stereocenters. The van der Waals surface area contributed by atoms with Gasteiger partial charge in [-0.25, -0.2) is 0 Å². The Morgan fingerprint density at radius 2 is 1.91 bits per heavy atom. The Morgan fingerprint density at radius 1 is 1.17 bits per heavy atom. The molecule has 4 nitrogen and oxygen atoms in total. The smallest absolute Gasteiger partial charge is 0.255 e. The van der Waals surface area contributed by atoms with Crippen LogP contribution in [-0.2, 0) is 11.3 Å². The van der Waals surface area contributed by atoms with Gasteiger partial charge in [-0.05, 0) is 29.8 Å². The van der Waals surface area contributed by atoms with Gasteiger partial charge in [0.2, 0.25) is 5.91 Å². The van der Waals surface area contributed by atoms with Crippen molar-refractivity contribution in [2.75, 3.05) is 12.8 Å². The van der Waals surface area contributed by atoms with Gasteiger partial charge in [-0.15, -0.1) is 11.8 Å². The molecule has 2 N–H and O–H groups in total. The number of primary amides is 1. The van der Waals surface area contributed by atoms with Gasteiger partial charge in [0, 0.05) is 23.5 Å². The molecule has 0 aliphatic carbocycles. The first-order valence-electron chi connectivity index (χ1n) is 6.97. The summed E-state index contributed by atoms with van der Waals surface area (Å²) < 4.78 is 0. The topological polar surface area (TPSA) is 63.4 Å². The molecule has 0 heterocycles. The quantitative estimate of drug-likeness (QED) is 0.815. The highest BCUT2D eigenvalue weighted by atomic mass is 35.5. The van der Waals surface area contributed by atoms with Gasteiger partial charge in [0.15, 0.2) is 0 Å². The Bertz CT molecular complexity index is 721. The van der Waals surface area contributed by atoms with Crippen LogP contribution in [0.15, 0.2) is 53.4 Å². The second-order valence-corrected chi connectivity index (χ2v) is 6.50. The summed E-state index contributed by atoms with van der Waals surface area (Å²) in [5.74, 6) is -0.385. The molecule has 0 fully saturated rings. The Hall–Kier alpha value is -1.98. The van der Waals surface area contributed by atoms with Crippen LogP contribution in [0.5, 0.6) is 0 Å². The number of thioether (sulfide) groups is 1. The third-order valence-electron chi connectivity index (χ3n) is 3.14. The molecule has 0 saturated heterocycles. The molecule has 0 bridgehead atoms. The van der Waals surface area contributed by atoms with Crippen LogP contribution >= 0.6 is 23.4 Å². The minimum Gasteiger partial charge on any atom is -0.369 e. The van der Waals surface area contributed by atoms with E-state index in [0.717, 1.165) is 10.5 Å². The lowest BCUT2D eigenvalue weighted by atomic mass is 10.1. The summed E-state index contributed by atoms with van der Waals surface area (Å²) in [6.07, 6.45) is 0. The summed E-state index contributed by atoms with van der Waals surface area (Å²) >= 11 is 7.24. The van der Waals surface area contributed by atoms with E-state index in [1.807, 2.05) is 30.3 Å². The molecule has 0 aliphatic rings. The van der Waals surface area contributed by atoms with E-state index >= 15 is 0 Å². The van der Waals surface area contributed by atoms with Crippen molar-refractivity contribution in [3.8, 4) is 0 Å². The molecule has 2 rings (SSSR count). The highest BCUT2D eigenvalue weighted by molar-refractivity contribution is 8.00. The predicted molar refractivity (Wildman–Crippen MR) is 93.6 cm³/mol. The van der Waals surface area contributed by atoms with E-state index in [1.54, 1.807) is 30.1 Å². The van der Waals surface area contributed by atoms with E-state index in [1.165, 1.54) is 11.8 Å². The van der Waals surface area contributed by atoms with Crippen LogP contribution in [0, 0.1) is 0 Å². The summed E-state index contributed by atoms with van der Waals surface area (Å²) in [5, 5.41) is 0.640. The van der Waals surface area contributed by atoms with Crippen LogP contribution in [0.1, 0.15) is 15.9 Å². The Labute approximate surface area is 144 Å². The zero-order valence-corrected chi connectivity index (χ0v) is 14.2. The second kappa shape index (κ2) is 8.04. The summed E-state index contributed by atoms with van der Waals surface area (Å²) in [4.78, 5) is 26.0. The van der Waals surface area contributed by atoms with Crippen LogP contribution in [0.25, 0.3) is 0 Å². The van der Waals surface area contributed by atoms with Crippen molar-refractivity contribution in [1.29, 1.82) is 0 Å². The summed E-state index contributed by atoms with van der Waals surface area (Å²) in [6.45, 7) is 0.453. The third kappa shape index (κ3) is 5.01. The SMILES string of the molecule is CN(Cc1cccc(Cl)c1)C(=O)c1ccccc1SCC(N)=O. The van der Waals surface area contributed by atoms with Crippen LogP contribution in [0.2, 0.25) is 5.02 Å². The molecular formula is C17H17ClN2O2S. The number of nitrogens with zero attached hydrogens (tertiary/aromatic N) is 1. The lowest BCUT2D eigenvalue weighted by molar-refractivity contribution is -0.115. The molecule has 0 spiro atoms. The number of rotatable bonds is 6. The lowest BCUT2D eigenvalue weighted by Gasteiger charge is -2.19. The van der Waals surface area contributed by atoms with Crippen molar-refractivity contribution in [3.63, 3.8) is 0 Å². The zero-order valence-electron chi connectivity index (χ0n) is 12.7. The molecule has 2 amide bonds. The maximum absolute atomic E-state index is 12.7. The molecular weight excluding hydrogens is 332 g/mol. The van der Waals surface area contributed by atoms with Gasteiger partial charge in [-0.2, -0.15) is 0 Å². The molecule has 0 aromatic heterocycles. The summed E-state index contributed by atoms with van der Waals surface area (Å²) in [7, 11) is 1.73. The number of hydrogen-bond acceptors (Lipinski definition) is 3. The number of amides is 2. The molecule has 2 aromatic carbocycles. The van der Waals surface area contributed by atoms with Crippen molar-refractivity contribution in [2.24, 2.45) is 5.73 Å². The number of carbonyl (C=O) groups excluding carboxylic acids is 2. The number of nitrogens with two attached hydrogens (primary N) is 1. The van der Waals surface area contributed by atoms with Gasteiger partial charge in [0.05, 0.1) is 11.3 Å². The number of halogens is 1. The number of benzene rings is 2. The van der Waals surface area contributed by atoms with Gasteiger partial charge in [0.1, 0.15) is 0 Å². The maximum atomic E-state index is 12.7. The highest BCUT2D eigenvalue weighted by Crippen LogP contribution is 2.24. The summed E-state index contributed by atoms with van der Waals surface area (Å²) in [6, 6.07) is 14.6. The largest absolute Gasteiger partial charge is 0.369 e. The zero-order chi connectivity index (χ0) is 16.8. The molecule has 0 saturated carbocycles. The Morgan fingerprint density at radius 3 is 2.61 bits per heavy atom. The van der Waals surface area contributed by atoms with Crippen LogP contribution < -0.4 is 5.73 Å². The van der Waals surface area contributed by atoms with E-state index in [4.69, 9.17) is 17.3 Å². The first kappa shape index (κ1) is 17.4. The van der Waals surface area contributed by atoms with E-state index < -0.39 is 5.91 Å². The van der Waals surface area contributed by atoms with Crippen molar-refractivity contribution in [2.45, 2.75) is 11.4 Å². The second-order valence-electron chi connectivity index (χ2n) is 5.04. The average molecular weight is 349 g/mol. The van der Waals surface area contributed by atoms with Crippen molar-refractivity contribution in [3.05, 3.63) is 64.7 Å². The highest BCUT2D eigenvalue weighted by Gasteiger charge is 2.16. The van der Waals surface area contributed by atoms with Gasteiger partial charge in [-0.1, -0.05) is 35.9 Å². The standard InChI is InChI=1S/C17H17ClN2O2S/c1-20(10-12-5-4-6-13(18)9-12)17(22)14-7-2-3-8-15(14)23-11-16(19)21/h2-9H,10-11H2,1H3,(H2,19,21). The van der Waals surface area contributed by atoms with Gasteiger partial charge in [-0.3, -0.25) is 9.59 Å². The Balaban J connectivity index is 2.14. The average Bonchev–Trinajstić information content (AvgIpc) is 2.52. The van der Waals surface area contributed by atoms with E-state index in [2.05, 4.69) is 0 Å². The van der Waals surface area contributed by atoms with E-state index in [0.29, 0.717) is 17.1 Å². The minimum absolute atomic E-state index is 0.113. The summed E-state index contributed by atoms with van der Waals surface area (Å²) in [5.41, 5.74) is 6.69. The molecule has 23 heavy (non-hydrogen) atoms. The molecule has 2 aromatic rings. The lowest BCUT2D eigenvalue weighted by Crippen LogP contribution is -2.26. The number of hydrogen-bond donors (Lipinski definition) is 1. The van der Waals surface area contributed by atoms with Crippen molar-refractivity contribution in [1.82, 2.24) is 4.90 Å². The number of carbonyl (C=O) groups is 2. The first-order valence-corrected chi connectivity index (χ1v) is 8.34. The molecule has 0 unspecified atom stereocenters. The fourth-order valence-corrected chi connectivity index (χ4v) is 3.10. The molecule has 0 aliphatic heterocycles. The van der Waals surface area contributed by atoms with Crippen LogP contribution in [0.4, 0.5) is 0 Å². The monoisotopic (exact) mass is 348 g/mol. The van der Waals surface area contributed by atoms with Crippen molar-refractivity contribution < 1.29 is 9.59 Å². The van der Waals surface area contributed by atoms with Crippen LogP contribution in [0.3, 0.4) is 0 Å². The normalized spacial score (nSPS) is 10.3. The minimum atomic E-state index is -0.412. The fourth-order valence-electron chi connectivity index (χ4n) is 2.10. The van der Waals surface area contributed by atoms with Gasteiger partial charge >= 0.3 is 0 Å². The predicted octanol–water partition coefficient (Wildman–Crippen LogP) is 3.19. The third-order valence-corrected chi connectivity index (χ3v) is 4.47. The van der Waals surface area contributed by atoms with Crippen molar-refractivity contribution >= 4 is 35.2 Å². The van der Waals surface area contributed by atoms with E-state index in [9.17, 15) is 9.59 Å². The molecule has 0 radical (unpaired) electrons. The van der Waals surface area contributed by atoms with Gasteiger partial charge in [0.25, 0.3) is 5.91 Å². The molecule has 120 valence electrons.